The molecule has 1 aromatic carbocycles. The molecule has 0 spiro atoms. The molecule has 0 aliphatic rings. The number of urea groups is 1. The summed E-state index contributed by atoms with van der Waals surface area (Å²) in [6.45, 7) is 7.85. The van der Waals surface area contributed by atoms with Crippen LogP contribution in [0.1, 0.15) is 30.9 Å². The van der Waals surface area contributed by atoms with Crippen LogP contribution >= 0.6 is 0 Å². The van der Waals surface area contributed by atoms with Crippen molar-refractivity contribution in [2.45, 2.75) is 33.6 Å². The van der Waals surface area contributed by atoms with Crippen LogP contribution in [0.3, 0.4) is 0 Å². The molecule has 0 saturated heterocycles. The van der Waals surface area contributed by atoms with Gasteiger partial charge in [-0.05, 0) is 37.5 Å². The Morgan fingerprint density at radius 3 is 2.68 bits per heavy atom. The van der Waals surface area contributed by atoms with Crippen LogP contribution < -0.4 is 15.4 Å². The van der Waals surface area contributed by atoms with E-state index in [1.165, 1.54) is 5.56 Å². The molecule has 0 saturated carbocycles. The van der Waals surface area contributed by atoms with Crippen molar-refractivity contribution in [2.75, 3.05) is 19.7 Å². The fraction of sp³-hybridized carbons (Fsp3) is 0.533. The largest absolute Gasteiger partial charge is 0.491 e. The van der Waals surface area contributed by atoms with Crippen molar-refractivity contribution >= 4 is 6.03 Å². The number of benzene rings is 1. The maximum Gasteiger partial charge on any atom is 0.314 e. The smallest absolute Gasteiger partial charge is 0.314 e. The number of carbonyl (C=O) groups is 1. The number of unbranched alkanes of at least 4 members (excludes halogenated alkanes) is 1. The number of rotatable bonds is 7. The summed E-state index contributed by atoms with van der Waals surface area (Å²) in [6, 6.07) is 5.98. The molecule has 2 amide bonds. The van der Waals surface area contributed by atoms with Gasteiger partial charge in [-0.3, -0.25) is 0 Å². The molecular formula is C15H24N2O2. The lowest BCUT2D eigenvalue weighted by molar-refractivity contribution is 0.236. The van der Waals surface area contributed by atoms with E-state index < -0.39 is 0 Å². The van der Waals surface area contributed by atoms with Gasteiger partial charge in [-0.2, -0.15) is 0 Å². The van der Waals surface area contributed by atoms with E-state index in [1.807, 2.05) is 26.0 Å². The first-order chi connectivity index (χ1) is 9.13. The highest BCUT2D eigenvalue weighted by Gasteiger charge is 2.01. The van der Waals surface area contributed by atoms with Gasteiger partial charge in [-0.15, -0.1) is 0 Å². The van der Waals surface area contributed by atoms with Crippen molar-refractivity contribution in [1.29, 1.82) is 0 Å². The molecule has 0 bridgehead atoms. The second-order valence-electron chi connectivity index (χ2n) is 4.65. The van der Waals surface area contributed by atoms with Crippen molar-refractivity contribution in [3.05, 3.63) is 29.3 Å². The van der Waals surface area contributed by atoms with Gasteiger partial charge in [-0.25, -0.2) is 4.79 Å². The summed E-state index contributed by atoms with van der Waals surface area (Å²) >= 11 is 0. The number of hydrogen-bond acceptors (Lipinski definition) is 2. The van der Waals surface area contributed by atoms with E-state index in [0.29, 0.717) is 13.2 Å². The van der Waals surface area contributed by atoms with E-state index in [-0.39, 0.29) is 6.03 Å². The molecule has 0 aromatic heterocycles. The third kappa shape index (κ3) is 6.13. The first-order valence-electron chi connectivity index (χ1n) is 6.85. The van der Waals surface area contributed by atoms with E-state index >= 15 is 0 Å². The van der Waals surface area contributed by atoms with Crippen LogP contribution in [-0.4, -0.2) is 25.7 Å². The molecular weight excluding hydrogens is 240 g/mol. The van der Waals surface area contributed by atoms with Gasteiger partial charge in [0.2, 0.25) is 0 Å². The fourth-order valence-electron chi connectivity index (χ4n) is 1.63. The zero-order chi connectivity index (χ0) is 14.1. The molecule has 4 nitrogen and oxygen atoms in total. The molecule has 106 valence electrons. The lowest BCUT2D eigenvalue weighted by Gasteiger charge is -2.11. The third-order valence-corrected chi connectivity index (χ3v) is 2.80. The Bertz CT molecular complexity index is 405. The highest BCUT2D eigenvalue weighted by atomic mass is 16.5. The Morgan fingerprint density at radius 2 is 1.95 bits per heavy atom. The standard InChI is InChI=1S/C15H24N2O2/c1-4-5-8-16-15(18)17-9-10-19-14-11-12(2)6-7-13(14)3/h6-7,11H,4-5,8-10H2,1-3H3,(H2,16,17,18). The molecule has 0 atom stereocenters. The number of hydrogen-bond donors (Lipinski definition) is 2. The van der Waals surface area contributed by atoms with Crippen molar-refractivity contribution in [2.24, 2.45) is 0 Å². The quantitative estimate of drug-likeness (QED) is 0.744. The van der Waals surface area contributed by atoms with E-state index in [9.17, 15) is 4.79 Å². The first kappa shape index (κ1) is 15.3. The van der Waals surface area contributed by atoms with Gasteiger partial charge >= 0.3 is 6.03 Å². The Hall–Kier alpha value is -1.71. The zero-order valence-corrected chi connectivity index (χ0v) is 12.1. The molecule has 0 heterocycles. The normalized spacial score (nSPS) is 10.1. The molecule has 0 fully saturated rings. The second kappa shape index (κ2) is 8.40. The topological polar surface area (TPSA) is 50.4 Å². The molecule has 19 heavy (non-hydrogen) atoms. The van der Waals surface area contributed by atoms with Crippen LogP contribution in [0.5, 0.6) is 5.75 Å². The monoisotopic (exact) mass is 264 g/mol. The molecule has 2 N–H and O–H groups in total. The Balaban J connectivity index is 2.20. The third-order valence-electron chi connectivity index (χ3n) is 2.80. The summed E-state index contributed by atoms with van der Waals surface area (Å²) in [5.74, 6) is 0.883. The summed E-state index contributed by atoms with van der Waals surface area (Å²) in [4.78, 5) is 11.4. The Morgan fingerprint density at radius 1 is 1.21 bits per heavy atom. The average Bonchev–Trinajstić information content (AvgIpc) is 2.39. The maximum absolute atomic E-state index is 11.4. The molecule has 1 rings (SSSR count). The molecule has 0 aliphatic heterocycles. The van der Waals surface area contributed by atoms with E-state index in [4.69, 9.17) is 4.74 Å². The van der Waals surface area contributed by atoms with Crippen LogP contribution in [0.4, 0.5) is 4.79 Å². The van der Waals surface area contributed by atoms with Crippen LogP contribution in [0.15, 0.2) is 18.2 Å². The summed E-state index contributed by atoms with van der Waals surface area (Å²) in [6.07, 6.45) is 2.09. The Labute approximate surface area is 115 Å². The van der Waals surface area contributed by atoms with Gasteiger partial charge < -0.3 is 15.4 Å². The lowest BCUT2D eigenvalue weighted by Crippen LogP contribution is -2.38. The summed E-state index contributed by atoms with van der Waals surface area (Å²) < 4.78 is 5.65. The number of carbonyl (C=O) groups excluding carboxylic acids is 1. The van der Waals surface area contributed by atoms with Gasteiger partial charge in [0.1, 0.15) is 12.4 Å². The molecule has 0 radical (unpaired) electrons. The van der Waals surface area contributed by atoms with Crippen molar-refractivity contribution in [3.8, 4) is 5.75 Å². The van der Waals surface area contributed by atoms with Crippen molar-refractivity contribution in [3.63, 3.8) is 0 Å². The highest BCUT2D eigenvalue weighted by molar-refractivity contribution is 5.73. The van der Waals surface area contributed by atoms with E-state index in [1.54, 1.807) is 0 Å². The van der Waals surface area contributed by atoms with Gasteiger partial charge in [0, 0.05) is 6.54 Å². The molecule has 0 unspecified atom stereocenters. The fourth-order valence-corrected chi connectivity index (χ4v) is 1.63. The predicted molar refractivity (Wildman–Crippen MR) is 77.7 cm³/mol. The van der Waals surface area contributed by atoms with Crippen LogP contribution in [0.2, 0.25) is 0 Å². The summed E-state index contributed by atoms with van der Waals surface area (Å²) in [5.41, 5.74) is 2.28. The molecule has 4 heteroatoms. The van der Waals surface area contributed by atoms with Gasteiger partial charge in [0.15, 0.2) is 0 Å². The summed E-state index contributed by atoms with van der Waals surface area (Å²) in [7, 11) is 0. The van der Waals surface area contributed by atoms with Crippen LogP contribution in [0.25, 0.3) is 0 Å². The highest BCUT2D eigenvalue weighted by Crippen LogP contribution is 2.18. The number of aryl methyl sites for hydroxylation is 2. The minimum absolute atomic E-state index is 0.127. The van der Waals surface area contributed by atoms with Gasteiger partial charge in [-0.1, -0.05) is 25.5 Å². The molecule has 0 aliphatic carbocycles. The van der Waals surface area contributed by atoms with Crippen molar-refractivity contribution < 1.29 is 9.53 Å². The van der Waals surface area contributed by atoms with Crippen molar-refractivity contribution in [1.82, 2.24) is 10.6 Å². The second-order valence-corrected chi connectivity index (χ2v) is 4.65. The number of nitrogens with one attached hydrogen (secondary N) is 2. The average molecular weight is 264 g/mol. The van der Waals surface area contributed by atoms with Gasteiger partial charge in [0.25, 0.3) is 0 Å². The lowest BCUT2D eigenvalue weighted by atomic mass is 10.1. The number of ether oxygens (including phenoxy) is 1. The predicted octanol–water partition coefficient (Wildman–Crippen LogP) is 2.78. The van der Waals surface area contributed by atoms with E-state index in [2.05, 4.69) is 23.6 Å². The maximum atomic E-state index is 11.4. The van der Waals surface area contributed by atoms with E-state index in [0.717, 1.165) is 30.7 Å². The van der Waals surface area contributed by atoms with Crippen LogP contribution in [-0.2, 0) is 0 Å². The number of amides is 2. The zero-order valence-electron chi connectivity index (χ0n) is 12.1. The molecule has 1 aromatic rings. The minimum Gasteiger partial charge on any atom is -0.491 e. The Kier molecular flexibility index (Phi) is 6.79. The minimum atomic E-state index is -0.127. The SMILES string of the molecule is CCCCNC(=O)NCCOc1cc(C)ccc1C. The van der Waals surface area contributed by atoms with Crippen LogP contribution in [0, 0.1) is 13.8 Å². The van der Waals surface area contributed by atoms with Gasteiger partial charge in [0.05, 0.1) is 6.54 Å². The first-order valence-corrected chi connectivity index (χ1v) is 6.85. The summed E-state index contributed by atoms with van der Waals surface area (Å²) in [5, 5.41) is 5.57.